The molecule has 0 spiro atoms. The van der Waals surface area contributed by atoms with E-state index in [4.69, 9.17) is 5.73 Å². The number of carbonyl (C=O) groups is 1. The third kappa shape index (κ3) is 2.06. The van der Waals surface area contributed by atoms with Gasteiger partial charge in [0, 0.05) is 22.7 Å². The average molecular weight is 248 g/mol. The van der Waals surface area contributed by atoms with E-state index >= 15 is 0 Å². The van der Waals surface area contributed by atoms with Crippen molar-refractivity contribution in [3.63, 3.8) is 0 Å². The minimum atomic E-state index is -0.0296. The summed E-state index contributed by atoms with van der Waals surface area (Å²) in [6, 6.07) is 16.4. The summed E-state index contributed by atoms with van der Waals surface area (Å²) < 4.78 is 0. The van der Waals surface area contributed by atoms with Gasteiger partial charge in [-0.25, -0.2) is 0 Å². The van der Waals surface area contributed by atoms with Crippen molar-refractivity contribution in [1.29, 1.82) is 0 Å². The van der Waals surface area contributed by atoms with E-state index in [1.165, 1.54) is 0 Å². The van der Waals surface area contributed by atoms with Crippen molar-refractivity contribution < 1.29 is 4.79 Å². The molecule has 0 bridgehead atoms. The van der Waals surface area contributed by atoms with E-state index in [0.29, 0.717) is 16.8 Å². The first kappa shape index (κ1) is 11.4. The molecule has 0 saturated carbocycles. The summed E-state index contributed by atoms with van der Waals surface area (Å²) in [5.74, 6) is -0.0296. The first-order chi connectivity index (χ1) is 9.25. The average Bonchev–Trinajstić information content (AvgIpc) is 2.47. The minimum absolute atomic E-state index is 0.0296. The summed E-state index contributed by atoms with van der Waals surface area (Å²) in [6.45, 7) is 0. The molecule has 2 N–H and O–H groups in total. The van der Waals surface area contributed by atoms with Gasteiger partial charge in [-0.1, -0.05) is 36.4 Å². The van der Waals surface area contributed by atoms with Gasteiger partial charge in [0.2, 0.25) is 0 Å². The minimum Gasteiger partial charge on any atom is -0.397 e. The van der Waals surface area contributed by atoms with Crippen LogP contribution in [0, 0.1) is 0 Å². The lowest BCUT2D eigenvalue weighted by atomic mass is 10.0. The molecule has 0 fully saturated rings. The molecule has 3 heteroatoms. The van der Waals surface area contributed by atoms with Crippen molar-refractivity contribution in [3.05, 3.63) is 71.9 Å². The number of nitrogen functional groups attached to an aromatic ring is 1. The second-order valence-electron chi connectivity index (χ2n) is 4.34. The van der Waals surface area contributed by atoms with Gasteiger partial charge in [0.15, 0.2) is 5.78 Å². The molecule has 2 aromatic carbocycles. The Kier molecular flexibility index (Phi) is 2.72. The van der Waals surface area contributed by atoms with E-state index in [1.54, 1.807) is 24.4 Å². The SMILES string of the molecule is Nc1cc(C(=O)c2ccccc2)cc2cccnc12. The van der Waals surface area contributed by atoms with E-state index in [9.17, 15) is 4.79 Å². The molecule has 0 aliphatic heterocycles. The van der Waals surface area contributed by atoms with Gasteiger partial charge < -0.3 is 5.73 Å². The number of anilines is 1. The van der Waals surface area contributed by atoms with Gasteiger partial charge in [-0.2, -0.15) is 0 Å². The lowest BCUT2D eigenvalue weighted by molar-refractivity contribution is 0.103. The standard InChI is InChI=1S/C16H12N2O/c17-14-10-13(9-12-7-4-8-18-15(12)14)16(19)11-5-2-1-3-6-11/h1-10H,17H2. The third-order valence-corrected chi connectivity index (χ3v) is 3.03. The summed E-state index contributed by atoms with van der Waals surface area (Å²) in [5, 5.41) is 0.877. The Morgan fingerprint density at radius 3 is 2.53 bits per heavy atom. The number of aromatic nitrogens is 1. The lowest BCUT2D eigenvalue weighted by Crippen LogP contribution is -2.02. The number of hydrogen-bond donors (Lipinski definition) is 1. The molecule has 92 valence electrons. The van der Waals surface area contributed by atoms with Gasteiger partial charge in [-0.3, -0.25) is 9.78 Å². The van der Waals surface area contributed by atoms with Crippen LogP contribution in [0.15, 0.2) is 60.8 Å². The summed E-state index contributed by atoms with van der Waals surface area (Å²) in [4.78, 5) is 16.6. The summed E-state index contributed by atoms with van der Waals surface area (Å²) in [7, 11) is 0. The molecule has 0 aliphatic carbocycles. The zero-order valence-electron chi connectivity index (χ0n) is 10.2. The molecule has 0 aliphatic rings. The van der Waals surface area contributed by atoms with E-state index in [1.807, 2.05) is 36.4 Å². The molecule has 0 unspecified atom stereocenters. The topological polar surface area (TPSA) is 56.0 Å². The van der Waals surface area contributed by atoms with Crippen molar-refractivity contribution in [2.45, 2.75) is 0 Å². The van der Waals surface area contributed by atoms with Gasteiger partial charge in [-0.15, -0.1) is 0 Å². The molecule has 0 amide bonds. The maximum atomic E-state index is 12.4. The molecule has 0 saturated heterocycles. The fraction of sp³-hybridized carbons (Fsp3) is 0. The van der Waals surface area contributed by atoms with Crippen LogP contribution in [0.2, 0.25) is 0 Å². The van der Waals surface area contributed by atoms with Crippen LogP contribution in [-0.2, 0) is 0 Å². The highest BCUT2D eigenvalue weighted by atomic mass is 16.1. The Morgan fingerprint density at radius 1 is 0.947 bits per heavy atom. The summed E-state index contributed by atoms with van der Waals surface area (Å²) >= 11 is 0. The van der Waals surface area contributed by atoms with E-state index in [2.05, 4.69) is 4.98 Å². The Morgan fingerprint density at radius 2 is 1.74 bits per heavy atom. The molecule has 3 nitrogen and oxygen atoms in total. The number of hydrogen-bond acceptors (Lipinski definition) is 3. The second kappa shape index (κ2) is 4.53. The van der Waals surface area contributed by atoms with Crippen LogP contribution in [-0.4, -0.2) is 10.8 Å². The van der Waals surface area contributed by atoms with Gasteiger partial charge in [-0.05, 0) is 18.2 Å². The first-order valence-corrected chi connectivity index (χ1v) is 6.00. The number of carbonyl (C=O) groups excluding carboxylic acids is 1. The molecule has 3 aromatic rings. The van der Waals surface area contributed by atoms with Crippen molar-refractivity contribution in [3.8, 4) is 0 Å². The number of ketones is 1. The number of pyridine rings is 1. The summed E-state index contributed by atoms with van der Waals surface area (Å²) in [6.07, 6.45) is 1.69. The molecule has 19 heavy (non-hydrogen) atoms. The monoisotopic (exact) mass is 248 g/mol. The van der Waals surface area contributed by atoms with Gasteiger partial charge >= 0.3 is 0 Å². The highest BCUT2D eigenvalue weighted by Gasteiger charge is 2.11. The number of nitrogens with zero attached hydrogens (tertiary/aromatic N) is 1. The van der Waals surface area contributed by atoms with Gasteiger partial charge in [0.25, 0.3) is 0 Å². The fourth-order valence-electron chi connectivity index (χ4n) is 2.11. The molecule has 1 aromatic heterocycles. The quantitative estimate of drug-likeness (QED) is 0.560. The number of fused-ring (bicyclic) bond motifs is 1. The maximum absolute atomic E-state index is 12.4. The molecular weight excluding hydrogens is 236 g/mol. The normalized spacial score (nSPS) is 10.5. The van der Waals surface area contributed by atoms with Crippen molar-refractivity contribution in [1.82, 2.24) is 4.98 Å². The number of rotatable bonds is 2. The molecule has 0 radical (unpaired) electrons. The Labute approximate surface area is 110 Å². The van der Waals surface area contributed by atoms with E-state index < -0.39 is 0 Å². The molecule has 3 rings (SSSR count). The zero-order chi connectivity index (χ0) is 13.2. The molecule has 1 heterocycles. The Balaban J connectivity index is 2.14. The van der Waals surface area contributed by atoms with Crippen LogP contribution in [0.3, 0.4) is 0 Å². The maximum Gasteiger partial charge on any atom is 0.193 e. The van der Waals surface area contributed by atoms with Crippen LogP contribution in [0.1, 0.15) is 15.9 Å². The predicted molar refractivity (Wildman–Crippen MR) is 76.0 cm³/mol. The smallest absolute Gasteiger partial charge is 0.193 e. The van der Waals surface area contributed by atoms with Crippen LogP contribution in [0.25, 0.3) is 10.9 Å². The largest absolute Gasteiger partial charge is 0.397 e. The second-order valence-corrected chi connectivity index (χ2v) is 4.34. The number of benzene rings is 2. The van der Waals surface area contributed by atoms with Crippen molar-refractivity contribution >= 4 is 22.4 Å². The molecule has 0 atom stereocenters. The van der Waals surface area contributed by atoms with Crippen molar-refractivity contribution in [2.75, 3.05) is 5.73 Å². The van der Waals surface area contributed by atoms with Gasteiger partial charge in [0.05, 0.1) is 11.2 Å². The summed E-state index contributed by atoms with van der Waals surface area (Å²) in [5.41, 5.74) is 8.46. The van der Waals surface area contributed by atoms with E-state index in [0.717, 1.165) is 10.9 Å². The van der Waals surface area contributed by atoms with Crippen LogP contribution < -0.4 is 5.73 Å². The van der Waals surface area contributed by atoms with Crippen LogP contribution >= 0.6 is 0 Å². The first-order valence-electron chi connectivity index (χ1n) is 6.00. The Bertz CT molecular complexity index is 751. The lowest BCUT2D eigenvalue weighted by Gasteiger charge is -2.05. The zero-order valence-corrected chi connectivity index (χ0v) is 10.2. The Hall–Kier alpha value is -2.68. The number of nitrogens with two attached hydrogens (primary N) is 1. The highest BCUT2D eigenvalue weighted by molar-refractivity contribution is 6.11. The fourth-order valence-corrected chi connectivity index (χ4v) is 2.11. The highest BCUT2D eigenvalue weighted by Crippen LogP contribution is 2.22. The van der Waals surface area contributed by atoms with Crippen LogP contribution in [0.4, 0.5) is 5.69 Å². The van der Waals surface area contributed by atoms with Gasteiger partial charge in [0.1, 0.15) is 0 Å². The van der Waals surface area contributed by atoms with E-state index in [-0.39, 0.29) is 5.78 Å². The molecular formula is C16H12N2O. The predicted octanol–water partition coefficient (Wildman–Crippen LogP) is 3.05. The third-order valence-electron chi connectivity index (χ3n) is 3.03. The van der Waals surface area contributed by atoms with Crippen LogP contribution in [0.5, 0.6) is 0 Å². The van der Waals surface area contributed by atoms with Crippen molar-refractivity contribution in [2.24, 2.45) is 0 Å².